The van der Waals surface area contributed by atoms with Crippen molar-refractivity contribution < 1.29 is 0 Å². The maximum absolute atomic E-state index is 5.71. The van der Waals surface area contributed by atoms with Crippen LogP contribution in [0.1, 0.15) is 158 Å². The van der Waals surface area contributed by atoms with Crippen molar-refractivity contribution in [3.05, 3.63) is 67.9 Å². The predicted octanol–water partition coefficient (Wildman–Crippen LogP) is 10.7. The largest absolute Gasteiger partial charge is 0.326 e. The number of hydrogen-bond acceptors (Lipinski definition) is 4. The van der Waals surface area contributed by atoms with Crippen LogP contribution in [0.3, 0.4) is 0 Å². The maximum Gasteiger partial charge on any atom is 0.0957 e. The second-order valence-electron chi connectivity index (χ2n) is 24.5. The Labute approximate surface area is 356 Å². The summed E-state index contributed by atoms with van der Waals surface area (Å²) in [6.45, 7) is 9.85. The first kappa shape index (κ1) is 32.4. The Morgan fingerprint density at radius 3 is 2.30 bits per heavy atom. The van der Waals surface area contributed by atoms with Gasteiger partial charge in [0.05, 0.1) is 46.5 Å². The number of aromatic nitrogens is 4. The van der Waals surface area contributed by atoms with Gasteiger partial charge >= 0.3 is 0 Å². The maximum atomic E-state index is 5.71. The number of hydrogen-bond donors (Lipinski definition) is 0. The Bertz CT molecular complexity index is 3410. The zero-order valence-electron chi connectivity index (χ0n) is 36.2. The minimum absolute atomic E-state index is 0.0617. The number of benzene rings is 1. The van der Waals surface area contributed by atoms with Gasteiger partial charge in [-0.2, -0.15) is 0 Å². The first-order valence-corrected chi connectivity index (χ1v) is 24.9. The summed E-state index contributed by atoms with van der Waals surface area (Å²) in [5, 5.41) is 9.40. The molecule has 8 heterocycles. The normalized spacial score (nSPS) is 39.5. The molecule has 5 fully saturated rings. The number of fused-ring (bicyclic) bond motifs is 25. The van der Waals surface area contributed by atoms with E-state index in [1.165, 1.54) is 133 Å². The van der Waals surface area contributed by atoms with Crippen LogP contribution in [0.15, 0.2) is 44.9 Å². The first-order chi connectivity index (χ1) is 29.7. The van der Waals surface area contributed by atoms with E-state index in [1.807, 2.05) is 0 Å². The monoisotopic (exact) mass is 798 g/mol. The topological polar surface area (TPSA) is 60.4 Å². The molecular formula is C55H54N6. The molecule has 9 aliphatic carbocycles. The molecule has 6 nitrogen and oxygen atoms in total. The molecule has 0 amide bonds. The molecule has 0 N–H and O–H groups in total. The molecule has 0 radical (unpaired) electrons. The van der Waals surface area contributed by atoms with Crippen LogP contribution in [0, 0.1) is 46.3 Å². The minimum Gasteiger partial charge on any atom is -0.326 e. The van der Waals surface area contributed by atoms with Gasteiger partial charge in [-0.25, -0.2) is 0 Å². The van der Waals surface area contributed by atoms with Crippen LogP contribution in [0.2, 0.25) is 0 Å². The molecule has 4 aromatic heterocycles. The van der Waals surface area contributed by atoms with Gasteiger partial charge in [-0.1, -0.05) is 27.7 Å². The minimum atomic E-state index is 0.0617. The number of aryl methyl sites for hydroxylation is 1. The Kier molecular flexibility index (Phi) is 5.09. The van der Waals surface area contributed by atoms with Crippen LogP contribution >= 0.6 is 0 Å². The molecule has 18 rings (SSSR count). The van der Waals surface area contributed by atoms with Crippen LogP contribution in [0.4, 0.5) is 0 Å². The van der Waals surface area contributed by atoms with Gasteiger partial charge in [0, 0.05) is 89.9 Å². The quantitative estimate of drug-likeness (QED) is 0.157. The van der Waals surface area contributed by atoms with Gasteiger partial charge in [0.15, 0.2) is 0 Å². The van der Waals surface area contributed by atoms with E-state index in [1.54, 1.807) is 54.5 Å². The standard InChI is InChI=1S/C55H54N6/c1-53(2)9-5-7-29-37-33(21-58-51(29)53)60-34-22-59-52-30(8-6-10-54(52,3)4)38(34)44-46-42-36(20-57-48-26-15-27-16-28-17-32(40(42)48)55(27,28)18-26)61-35-19-56-47-25-12-23-11-24(14-25)31(13-23)39(47)41(35)45(50(46)61)43(37)49(44)60/h19-28,31-32,34,36H,5-18H2,1-4H3. The molecule has 0 saturated heterocycles. The zero-order chi connectivity index (χ0) is 39.5. The van der Waals surface area contributed by atoms with E-state index >= 15 is 0 Å². The molecule has 4 aliphatic heterocycles. The molecule has 11 atom stereocenters. The molecule has 13 aliphatic rings. The summed E-state index contributed by atoms with van der Waals surface area (Å²) >= 11 is 0. The number of pyridine rings is 2. The molecule has 6 heteroatoms. The average Bonchev–Trinajstić information content (AvgIpc) is 4.06. The van der Waals surface area contributed by atoms with Gasteiger partial charge in [0.2, 0.25) is 0 Å². The lowest BCUT2D eigenvalue weighted by molar-refractivity contribution is -0.165. The molecule has 5 aromatic rings. The first-order valence-electron chi connectivity index (χ1n) is 24.9. The van der Waals surface area contributed by atoms with Gasteiger partial charge < -0.3 is 9.13 Å². The van der Waals surface area contributed by atoms with E-state index in [-0.39, 0.29) is 22.9 Å². The molecule has 304 valence electrons. The molecule has 11 unspecified atom stereocenters. The van der Waals surface area contributed by atoms with Crippen LogP contribution in [-0.4, -0.2) is 31.5 Å². The third-order valence-electron chi connectivity index (χ3n) is 21.5. The van der Waals surface area contributed by atoms with E-state index in [4.69, 9.17) is 20.0 Å². The highest BCUT2D eigenvalue weighted by Crippen LogP contribution is 2.81. The lowest BCUT2D eigenvalue weighted by Gasteiger charge is -2.68. The summed E-state index contributed by atoms with van der Waals surface area (Å²) in [6, 6.07) is 0.223. The highest BCUT2D eigenvalue weighted by Gasteiger charge is 2.73. The van der Waals surface area contributed by atoms with Crippen molar-refractivity contribution in [1.29, 1.82) is 0 Å². The third-order valence-corrected chi connectivity index (χ3v) is 21.5. The van der Waals surface area contributed by atoms with Crippen LogP contribution < -0.4 is 10.4 Å². The Hall–Kier alpha value is -4.32. The number of aliphatic imine (C=N–C) groups is 2. The van der Waals surface area contributed by atoms with Crippen molar-refractivity contribution in [1.82, 2.24) is 19.1 Å². The molecule has 61 heavy (non-hydrogen) atoms. The van der Waals surface area contributed by atoms with Crippen molar-refractivity contribution in [2.24, 2.45) is 56.3 Å². The Balaban J connectivity index is 1.12. The highest BCUT2D eigenvalue weighted by atomic mass is 15.1. The van der Waals surface area contributed by atoms with Gasteiger partial charge in [-0.05, 0) is 164 Å². The summed E-state index contributed by atoms with van der Waals surface area (Å²) in [5.41, 5.74) is 21.9. The van der Waals surface area contributed by atoms with Crippen molar-refractivity contribution in [2.45, 2.75) is 147 Å². The van der Waals surface area contributed by atoms with Gasteiger partial charge in [0.25, 0.3) is 0 Å². The van der Waals surface area contributed by atoms with E-state index in [0.717, 1.165) is 36.5 Å². The van der Waals surface area contributed by atoms with Gasteiger partial charge in [0.1, 0.15) is 0 Å². The van der Waals surface area contributed by atoms with Crippen LogP contribution in [-0.2, 0) is 11.8 Å². The van der Waals surface area contributed by atoms with Gasteiger partial charge in [-0.15, -0.1) is 0 Å². The number of rotatable bonds is 0. The lowest BCUT2D eigenvalue weighted by atomic mass is 9.36. The van der Waals surface area contributed by atoms with Gasteiger partial charge in [-0.3, -0.25) is 20.0 Å². The van der Waals surface area contributed by atoms with Crippen molar-refractivity contribution >= 4 is 67.2 Å². The zero-order valence-corrected chi connectivity index (χ0v) is 36.2. The van der Waals surface area contributed by atoms with Crippen LogP contribution in [0.25, 0.3) is 54.8 Å². The number of nitrogens with zero attached hydrogens (tertiary/aromatic N) is 6. The highest BCUT2D eigenvalue weighted by molar-refractivity contribution is 6.32. The van der Waals surface area contributed by atoms with Crippen molar-refractivity contribution in [2.75, 3.05) is 0 Å². The van der Waals surface area contributed by atoms with E-state index in [2.05, 4.69) is 61.7 Å². The second-order valence-corrected chi connectivity index (χ2v) is 24.5. The second kappa shape index (κ2) is 9.60. The van der Waals surface area contributed by atoms with E-state index in [9.17, 15) is 0 Å². The number of allylic oxidation sites excluding steroid dienone is 4. The molecule has 5 saturated carbocycles. The SMILES string of the molecule is CC1(C)CCCC2=C1N=CC1C2=c2c3c4c(c5c6c(ncc5n4C4C=NC5=C(C=34)C3CC4CC7CC5CC743)C3CC4CC(C3)C6C4)c3c4c5c(ncc4n1c23)C(C)(C)CCC5. The fourth-order valence-corrected chi connectivity index (χ4v) is 19.4. The predicted molar refractivity (Wildman–Crippen MR) is 243 cm³/mol. The molecule has 5 bridgehead atoms. The smallest absolute Gasteiger partial charge is 0.0957 e. The van der Waals surface area contributed by atoms with E-state index < -0.39 is 0 Å². The summed E-state index contributed by atoms with van der Waals surface area (Å²) in [5.74, 6) is 6.10. The fraction of sp³-hybridized carbons (Fsp3) is 0.564. The molecule has 1 aromatic carbocycles. The van der Waals surface area contributed by atoms with Crippen molar-refractivity contribution in [3.8, 4) is 0 Å². The summed E-state index contributed by atoms with van der Waals surface area (Å²) < 4.78 is 5.68. The van der Waals surface area contributed by atoms with Crippen molar-refractivity contribution in [3.63, 3.8) is 0 Å². The summed E-state index contributed by atoms with van der Waals surface area (Å²) in [7, 11) is 0. The lowest BCUT2D eigenvalue weighted by Crippen LogP contribution is -2.61. The fourth-order valence-electron chi connectivity index (χ4n) is 19.4. The average molecular weight is 799 g/mol. The molecular weight excluding hydrogens is 745 g/mol. The summed E-state index contributed by atoms with van der Waals surface area (Å²) in [4.78, 5) is 22.5. The molecule has 1 spiro atoms. The summed E-state index contributed by atoms with van der Waals surface area (Å²) in [6.07, 6.45) is 27.8. The Morgan fingerprint density at radius 2 is 1.41 bits per heavy atom. The third kappa shape index (κ3) is 3.18. The van der Waals surface area contributed by atoms with E-state index in [0.29, 0.717) is 29.1 Å². The Morgan fingerprint density at radius 1 is 0.656 bits per heavy atom. The van der Waals surface area contributed by atoms with Crippen LogP contribution in [0.5, 0.6) is 0 Å².